The molecular weight excluding hydrogens is 458 g/mol. The van der Waals surface area contributed by atoms with Gasteiger partial charge in [-0.15, -0.1) is 0 Å². The molecule has 3 aromatic rings. The maximum Gasteiger partial charge on any atom is 1.00 e. The Morgan fingerprint density at radius 3 is 1.54 bits per heavy atom. The van der Waals surface area contributed by atoms with E-state index in [0.29, 0.717) is 11.8 Å². The van der Waals surface area contributed by atoms with Gasteiger partial charge < -0.3 is 8.35 Å². The molecule has 2 heteroatoms. The maximum absolute atomic E-state index is 3.60. The number of benzene rings is 3. The summed E-state index contributed by atoms with van der Waals surface area (Å²) in [7, 11) is 0. The fraction of sp³-hybridized carbons (Fsp3) is 0.324. The topological polar surface area (TPSA) is 0 Å². The van der Waals surface area contributed by atoms with E-state index in [4.69, 9.17) is 0 Å². The fourth-order valence-electron chi connectivity index (χ4n) is 5.23. The van der Waals surface area contributed by atoms with Crippen LogP contribution in [0.25, 0.3) is 17.2 Å². The molecule has 0 saturated carbocycles. The van der Waals surface area contributed by atoms with Gasteiger partial charge in [0.15, 0.2) is 0 Å². The molecule has 0 heterocycles. The van der Waals surface area contributed by atoms with E-state index in [0.717, 1.165) is 6.42 Å². The second-order valence-corrected chi connectivity index (χ2v) is 10.9. The van der Waals surface area contributed by atoms with Crippen molar-refractivity contribution >= 4 is 17.2 Å². The molecule has 0 radical (unpaired) electrons. The Labute approximate surface area is 264 Å². The Morgan fingerprint density at radius 2 is 1.13 bits per heavy atom. The molecule has 0 aromatic heterocycles. The molecule has 0 aliphatic heterocycles. The largest absolute Gasteiger partial charge is 1.00 e. The first-order chi connectivity index (χ1) is 17.7. The molecule has 3 aromatic carbocycles. The molecule has 2 unspecified atom stereocenters. The Balaban J connectivity index is 0.000000517. The fourth-order valence-corrected chi connectivity index (χ4v) is 5.23. The summed E-state index contributed by atoms with van der Waals surface area (Å²) in [5, 5.41) is 0. The second kappa shape index (κ2) is 16.4. The zero-order valence-electron chi connectivity index (χ0n) is 27.0. The minimum atomic E-state index is 0. The van der Waals surface area contributed by atoms with Gasteiger partial charge in [0.2, 0.25) is 0 Å². The van der Waals surface area contributed by atoms with Crippen LogP contribution >= 0.6 is 0 Å². The van der Waals surface area contributed by atoms with Crippen LogP contribution < -0.4 is 37.7 Å². The molecule has 0 nitrogen and oxygen atoms in total. The molecule has 3 aliphatic rings. The third-order valence-corrected chi connectivity index (χ3v) is 7.44. The van der Waals surface area contributed by atoms with Gasteiger partial charge in [0.1, 0.15) is 0 Å². The SMILES string of the molecule is CC1(C)C=Cc2ccccc21.CC1=CC(C)c2ccccc21.CC1=CC(C)c2ccccc21.[CH2-]CCC.[H-].[Li+].[Li+]. The summed E-state index contributed by atoms with van der Waals surface area (Å²) in [6.45, 7) is 19.1. The molecule has 0 spiro atoms. The molecule has 0 amide bonds. The summed E-state index contributed by atoms with van der Waals surface area (Å²) in [6.07, 6.45) is 11.4. The first-order valence-corrected chi connectivity index (χ1v) is 13.8. The summed E-state index contributed by atoms with van der Waals surface area (Å²) >= 11 is 0. The van der Waals surface area contributed by atoms with Crippen molar-refractivity contribution < 1.29 is 39.1 Å². The number of unbranched alkanes of at least 4 members (excludes halogenated alkanes) is 1. The smallest absolute Gasteiger partial charge is 1.00 e. The van der Waals surface area contributed by atoms with Crippen molar-refractivity contribution in [2.24, 2.45) is 0 Å². The third-order valence-electron chi connectivity index (χ3n) is 7.44. The van der Waals surface area contributed by atoms with Crippen molar-refractivity contribution in [1.82, 2.24) is 0 Å². The van der Waals surface area contributed by atoms with Crippen molar-refractivity contribution in [3.63, 3.8) is 0 Å². The summed E-state index contributed by atoms with van der Waals surface area (Å²) in [5.74, 6) is 1.23. The van der Waals surface area contributed by atoms with Crippen LogP contribution in [0.15, 0.2) is 91.0 Å². The van der Waals surface area contributed by atoms with Crippen LogP contribution in [0.3, 0.4) is 0 Å². The van der Waals surface area contributed by atoms with Gasteiger partial charge in [0, 0.05) is 17.3 Å². The van der Waals surface area contributed by atoms with Crippen molar-refractivity contribution in [3.05, 3.63) is 131 Å². The molecular formula is C37H46Li2. The Bertz CT molecular complexity index is 1220. The molecule has 196 valence electrons. The van der Waals surface area contributed by atoms with Crippen LogP contribution in [0.5, 0.6) is 0 Å². The van der Waals surface area contributed by atoms with Gasteiger partial charge in [-0.05, 0) is 58.4 Å². The first kappa shape index (κ1) is 35.1. The minimum absolute atomic E-state index is 0. The molecule has 2 atom stereocenters. The van der Waals surface area contributed by atoms with Crippen molar-refractivity contribution in [2.75, 3.05) is 0 Å². The van der Waals surface area contributed by atoms with E-state index in [2.05, 4.69) is 152 Å². The van der Waals surface area contributed by atoms with Gasteiger partial charge in [0.05, 0.1) is 0 Å². The van der Waals surface area contributed by atoms with Gasteiger partial charge in [-0.2, -0.15) is 6.42 Å². The van der Waals surface area contributed by atoms with Crippen LogP contribution in [0.4, 0.5) is 0 Å². The van der Waals surface area contributed by atoms with Crippen LogP contribution in [0.2, 0.25) is 0 Å². The Hall–Kier alpha value is -1.93. The molecule has 6 rings (SSSR count). The van der Waals surface area contributed by atoms with E-state index < -0.39 is 0 Å². The van der Waals surface area contributed by atoms with Crippen LogP contribution in [0, 0.1) is 6.92 Å². The van der Waals surface area contributed by atoms with Gasteiger partial charge in [-0.25, -0.2) is 0 Å². The normalized spacial score (nSPS) is 17.9. The second-order valence-electron chi connectivity index (χ2n) is 10.9. The molecule has 0 saturated heterocycles. The van der Waals surface area contributed by atoms with Gasteiger partial charge >= 0.3 is 37.7 Å². The quantitative estimate of drug-likeness (QED) is 0.318. The van der Waals surface area contributed by atoms with Crippen LogP contribution in [-0.4, -0.2) is 0 Å². The predicted molar refractivity (Wildman–Crippen MR) is 167 cm³/mol. The monoisotopic (exact) mass is 504 g/mol. The summed E-state index contributed by atoms with van der Waals surface area (Å²) in [5.41, 5.74) is 11.7. The van der Waals surface area contributed by atoms with Crippen molar-refractivity contribution in [3.8, 4) is 0 Å². The summed E-state index contributed by atoms with van der Waals surface area (Å²) in [6, 6.07) is 25.8. The average Bonchev–Trinajstić information content (AvgIpc) is 3.50. The molecule has 0 bridgehead atoms. The van der Waals surface area contributed by atoms with E-state index in [1.165, 1.54) is 50.9 Å². The van der Waals surface area contributed by atoms with Crippen molar-refractivity contribution in [1.29, 1.82) is 0 Å². The molecule has 3 aliphatic carbocycles. The molecule has 39 heavy (non-hydrogen) atoms. The minimum Gasteiger partial charge on any atom is -1.00 e. The Morgan fingerprint density at radius 1 is 0.718 bits per heavy atom. The third kappa shape index (κ3) is 9.04. The van der Waals surface area contributed by atoms with E-state index in [-0.39, 0.29) is 44.6 Å². The van der Waals surface area contributed by atoms with Crippen LogP contribution in [-0.2, 0) is 5.41 Å². The zero-order chi connectivity index (χ0) is 27.0. The number of hydrogen-bond acceptors (Lipinski definition) is 0. The van der Waals surface area contributed by atoms with E-state index in [1.807, 2.05) is 0 Å². The van der Waals surface area contributed by atoms with E-state index in [9.17, 15) is 0 Å². The number of allylic oxidation sites excluding steroid dienone is 5. The van der Waals surface area contributed by atoms with Crippen molar-refractivity contribution in [2.45, 2.75) is 78.6 Å². The predicted octanol–water partition coefficient (Wildman–Crippen LogP) is 5.15. The summed E-state index contributed by atoms with van der Waals surface area (Å²) < 4.78 is 0. The Kier molecular flexibility index (Phi) is 14.7. The summed E-state index contributed by atoms with van der Waals surface area (Å²) in [4.78, 5) is 0. The van der Waals surface area contributed by atoms with E-state index in [1.54, 1.807) is 0 Å². The zero-order valence-corrected chi connectivity index (χ0v) is 26.0. The standard InChI is InChI=1S/3C11H12.C4H9.2Li.H/c1-11(2)8-7-9-5-3-4-6-10(9)11;2*1-8-7-9(2)11-6-4-3-5-10(8)11;1-3-4-2;;;/h3*3-8H,1-2H3;1,3-4H2,2H3;;;/q;;;-1;2*+1;-1. The van der Waals surface area contributed by atoms with Gasteiger partial charge in [-0.1, -0.05) is 138 Å². The average molecular weight is 505 g/mol. The van der Waals surface area contributed by atoms with Crippen LogP contribution in [0.1, 0.15) is 108 Å². The molecule has 0 N–H and O–H groups in total. The number of rotatable bonds is 1. The maximum atomic E-state index is 3.60. The number of hydrogen-bond donors (Lipinski definition) is 0. The number of fused-ring (bicyclic) bond motifs is 3. The first-order valence-electron chi connectivity index (χ1n) is 13.8. The molecule has 0 fully saturated rings. The van der Waals surface area contributed by atoms with Gasteiger partial charge in [-0.3, -0.25) is 0 Å². The van der Waals surface area contributed by atoms with E-state index >= 15 is 0 Å². The van der Waals surface area contributed by atoms with Gasteiger partial charge in [0.25, 0.3) is 0 Å².